The normalized spacial score (nSPS) is 17.8. The molecular weight excluding hydrogens is 286 g/mol. The summed E-state index contributed by atoms with van der Waals surface area (Å²) >= 11 is 0. The Bertz CT molecular complexity index is 552. The van der Waals surface area contributed by atoms with Crippen molar-refractivity contribution < 1.29 is 8.42 Å². The summed E-state index contributed by atoms with van der Waals surface area (Å²) in [6, 6.07) is 7.43. The molecule has 0 aromatic heterocycles. The summed E-state index contributed by atoms with van der Waals surface area (Å²) in [6.45, 7) is 5.60. The van der Waals surface area contributed by atoms with E-state index in [4.69, 9.17) is 0 Å². The minimum atomic E-state index is -3.38. The van der Waals surface area contributed by atoms with E-state index in [1.807, 2.05) is 6.07 Å². The first-order valence-corrected chi connectivity index (χ1v) is 9.06. The van der Waals surface area contributed by atoms with Gasteiger partial charge >= 0.3 is 0 Å². The Labute approximate surface area is 127 Å². The maximum absolute atomic E-state index is 11.8. The lowest BCUT2D eigenvalue weighted by molar-refractivity contribution is 0.219. The molecule has 0 aliphatic carbocycles. The van der Waals surface area contributed by atoms with Gasteiger partial charge in [-0.1, -0.05) is 13.0 Å². The Morgan fingerprint density at radius 1 is 1.29 bits per heavy atom. The highest BCUT2D eigenvalue weighted by atomic mass is 32.2. The first-order chi connectivity index (χ1) is 10.0. The minimum absolute atomic E-state index is 0.304. The third-order valence-electron chi connectivity index (χ3n) is 3.91. The van der Waals surface area contributed by atoms with Crippen LogP contribution in [-0.2, 0) is 10.0 Å². The fraction of sp³-hybridized carbons (Fsp3) is 0.600. The number of rotatable bonds is 6. The highest BCUT2D eigenvalue weighted by Gasteiger charge is 2.19. The summed E-state index contributed by atoms with van der Waals surface area (Å²) in [5, 5.41) is 3.46. The van der Waals surface area contributed by atoms with E-state index in [2.05, 4.69) is 21.9 Å². The second-order valence-corrected chi connectivity index (χ2v) is 7.38. The molecule has 1 aromatic carbocycles. The maximum atomic E-state index is 11.8. The zero-order chi connectivity index (χ0) is 15.3. The summed E-state index contributed by atoms with van der Waals surface area (Å²) in [5.41, 5.74) is 0.875. The second-order valence-electron chi connectivity index (χ2n) is 5.50. The van der Waals surface area contributed by atoms with Crippen LogP contribution in [-0.4, -0.2) is 46.0 Å². The van der Waals surface area contributed by atoms with E-state index in [-0.39, 0.29) is 0 Å². The molecule has 2 N–H and O–H groups in total. The zero-order valence-corrected chi connectivity index (χ0v) is 13.6. The fourth-order valence-electron chi connectivity index (χ4n) is 2.72. The molecule has 5 nitrogen and oxygen atoms in total. The summed E-state index contributed by atoms with van der Waals surface area (Å²) in [5.74, 6) is 0. The van der Waals surface area contributed by atoms with E-state index >= 15 is 0 Å². The number of likely N-dealkylation sites (tertiary alicyclic amines) is 1. The summed E-state index contributed by atoms with van der Waals surface area (Å²) < 4.78 is 26.0. The van der Waals surface area contributed by atoms with Gasteiger partial charge in [0.05, 0.1) is 4.90 Å². The molecule has 1 fully saturated rings. The number of benzene rings is 1. The molecule has 2 rings (SSSR count). The van der Waals surface area contributed by atoms with E-state index in [1.54, 1.807) is 18.2 Å². The molecular formula is C15H25N3O2S. The predicted molar refractivity (Wildman–Crippen MR) is 86.1 cm³/mol. The molecule has 1 saturated heterocycles. The van der Waals surface area contributed by atoms with Crippen molar-refractivity contribution >= 4 is 15.7 Å². The molecule has 6 heteroatoms. The summed E-state index contributed by atoms with van der Waals surface area (Å²) in [7, 11) is -1.95. The molecule has 21 heavy (non-hydrogen) atoms. The van der Waals surface area contributed by atoms with Gasteiger partial charge in [-0.2, -0.15) is 0 Å². The summed E-state index contributed by atoms with van der Waals surface area (Å²) in [4.78, 5) is 2.79. The molecule has 0 radical (unpaired) electrons. The molecule has 118 valence electrons. The number of anilines is 1. The average molecular weight is 311 g/mol. The van der Waals surface area contributed by atoms with E-state index in [9.17, 15) is 8.42 Å². The highest BCUT2D eigenvalue weighted by molar-refractivity contribution is 7.89. The molecule has 1 aliphatic heterocycles. The third kappa shape index (κ3) is 4.43. The number of hydrogen-bond acceptors (Lipinski definition) is 4. The van der Waals surface area contributed by atoms with Crippen LogP contribution in [0, 0.1) is 0 Å². The second kappa shape index (κ2) is 7.24. The lowest BCUT2D eigenvalue weighted by Crippen LogP contribution is -2.39. The maximum Gasteiger partial charge on any atom is 0.240 e. The molecule has 1 aromatic rings. The molecule has 1 aliphatic rings. The van der Waals surface area contributed by atoms with Crippen LogP contribution in [0.4, 0.5) is 5.69 Å². The topological polar surface area (TPSA) is 61.4 Å². The van der Waals surface area contributed by atoms with Crippen LogP contribution in [0.1, 0.15) is 26.2 Å². The van der Waals surface area contributed by atoms with Crippen LogP contribution in [0.15, 0.2) is 29.2 Å². The van der Waals surface area contributed by atoms with Crippen molar-refractivity contribution in [2.45, 2.75) is 37.1 Å². The number of sulfonamides is 1. The highest BCUT2D eigenvalue weighted by Crippen LogP contribution is 2.19. The van der Waals surface area contributed by atoms with Gasteiger partial charge in [-0.3, -0.25) is 0 Å². The van der Waals surface area contributed by atoms with E-state index in [0.29, 0.717) is 10.9 Å². The largest absolute Gasteiger partial charge is 0.382 e. The van der Waals surface area contributed by atoms with E-state index in [0.717, 1.165) is 31.6 Å². The molecule has 0 atom stereocenters. The molecule has 0 spiro atoms. The van der Waals surface area contributed by atoms with Gasteiger partial charge in [0.15, 0.2) is 0 Å². The fourth-order valence-corrected chi connectivity index (χ4v) is 3.50. The van der Waals surface area contributed by atoms with Gasteiger partial charge in [0.25, 0.3) is 0 Å². The smallest absolute Gasteiger partial charge is 0.240 e. The van der Waals surface area contributed by atoms with Crippen LogP contribution in [0.25, 0.3) is 0 Å². The van der Waals surface area contributed by atoms with Crippen molar-refractivity contribution in [2.75, 3.05) is 32.0 Å². The lowest BCUT2D eigenvalue weighted by Gasteiger charge is -2.32. The van der Waals surface area contributed by atoms with Crippen LogP contribution < -0.4 is 10.0 Å². The van der Waals surface area contributed by atoms with Crippen molar-refractivity contribution in [3.63, 3.8) is 0 Å². The average Bonchev–Trinajstić information content (AvgIpc) is 2.50. The molecule has 0 saturated carbocycles. The molecule has 0 unspecified atom stereocenters. The third-order valence-corrected chi connectivity index (χ3v) is 5.32. The molecule has 0 bridgehead atoms. The van der Waals surface area contributed by atoms with Crippen LogP contribution in [0.5, 0.6) is 0 Å². The molecule has 1 heterocycles. The van der Waals surface area contributed by atoms with Gasteiger partial charge < -0.3 is 10.2 Å². The van der Waals surface area contributed by atoms with Crippen molar-refractivity contribution in [2.24, 2.45) is 0 Å². The Kier molecular flexibility index (Phi) is 5.61. The van der Waals surface area contributed by atoms with Gasteiger partial charge in [0.2, 0.25) is 10.0 Å². The van der Waals surface area contributed by atoms with Crippen LogP contribution >= 0.6 is 0 Å². The summed E-state index contributed by atoms with van der Waals surface area (Å²) in [6.07, 6.45) is 3.40. The van der Waals surface area contributed by atoms with Gasteiger partial charge in [-0.05, 0) is 51.1 Å². The lowest BCUT2D eigenvalue weighted by atomic mass is 10.0. The number of hydrogen-bond donors (Lipinski definition) is 2. The SMILES string of the molecule is CCCN1CCC(Nc2cccc(S(=O)(=O)NC)c2)CC1. The van der Waals surface area contributed by atoms with E-state index in [1.165, 1.54) is 20.0 Å². The Balaban J connectivity index is 1.97. The Morgan fingerprint density at radius 3 is 2.62 bits per heavy atom. The minimum Gasteiger partial charge on any atom is -0.382 e. The van der Waals surface area contributed by atoms with Gasteiger partial charge in [0, 0.05) is 24.8 Å². The predicted octanol–water partition coefficient (Wildman–Crippen LogP) is 1.88. The first-order valence-electron chi connectivity index (χ1n) is 7.57. The van der Waals surface area contributed by atoms with Crippen LogP contribution in [0.3, 0.4) is 0 Å². The Hall–Kier alpha value is -1.11. The van der Waals surface area contributed by atoms with Gasteiger partial charge in [0.1, 0.15) is 0 Å². The first kappa shape index (κ1) is 16.3. The number of nitrogens with zero attached hydrogens (tertiary/aromatic N) is 1. The van der Waals surface area contributed by atoms with Crippen LogP contribution in [0.2, 0.25) is 0 Å². The van der Waals surface area contributed by atoms with Gasteiger partial charge in [-0.25, -0.2) is 13.1 Å². The Morgan fingerprint density at radius 2 is 2.00 bits per heavy atom. The monoisotopic (exact) mass is 311 g/mol. The zero-order valence-electron chi connectivity index (χ0n) is 12.8. The number of nitrogens with one attached hydrogen (secondary N) is 2. The van der Waals surface area contributed by atoms with E-state index < -0.39 is 10.0 Å². The van der Waals surface area contributed by atoms with Crippen molar-refractivity contribution in [1.82, 2.24) is 9.62 Å². The standard InChI is InChI=1S/C15H25N3O2S/c1-3-9-18-10-7-13(8-11-18)17-14-5-4-6-15(12-14)21(19,20)16-2/h4-6,12-13,16-17H,3,7-11H2,1-2H3. The van der Waals surface area contributed by atoms with Gasteiger partial charge in [-0.15, -0.1) is 0 Å². The quantitative estimate of drug-likeness (QED) is 0.842. The molecule has 0 amide bonds. The van der Waals surface area contributed by atoms with Crippen molar-refractivity contribution in [3.8, 4) is 0 Å². The van der Waals surface area contributed by atoms with Crippen molar-refractivity contribution in [3.05, 3.63) is 24.3 Å². The number of piperidine rings is 1. The van der Waals surface area contributed by atoms with Crippen molar-refractivity contribution in [1.29, 1.82) is 0 Å².